The Morgan fingerprint density at radius 1 is 1.09 bits per heavy atom. The molecular weight excluding hydrogens is 406 g/mol. The maximum absolute atomic E-state index is 13.4. The summed E-state index contributed by atoms with van der Waals surface area (Å²) in [5, 5.41) is 6.23. The van der Waals surface area contributed by atoms with Gasteiger partial charge in [-0.05, 0) is 35.4 Å². The third-order valence-corrected chi connectivity index (χ3v) is 5.47. The predicted molar refractivity (Wildman–Crippen MR) is 123 cm³/mol. The van der Waals surface area contributed by atoms with Gasteiger partial charge in [0.2, 0.25) is 5.91 Å². The lowest BCUT2D eigenvalue weighted by molar-refractivity contribution is -0.143. The van der Waals surface area contributed by atoms with Gasteiger partial charge in [0.1, 0.15) is 12.3 Å². The number of carbonyl (C=O) groups is 2. The van der Waals surface area contributed by atoms with Crippen molar-refractivity contribution in [2.24, 2.45) is 11.0 Å². The Morgan fingerprint density at radius 3 is 2.38 bits per heavy atom. The molecule has 0 saturated heterocycles. The van der Waals surface area contributed by atoms with E-state index in [1.165, 1.54) is 5.01 Å². The SMILES string of the molecule is COCCN(CC(=O)N1N=C(c2ccc(OC)cc2)C[C@@H]1c1ccccc1)C(=O)C(C)C. The lowest BCUT2D eigenvalue weighted by Crippen LogP contribution is -2.44. The van der Waals surface area contributed by atoms with Crippen molar-refractivity contribution in [2.45, 2.75) is 26.3 Å². The monoisotopic (exact) mass is 437 g/mol. The molecule has 0 fully saturated rings. The summed E-state index contributed by atoms with van der Waals surface area (Å²) >= 11 is 0. The smallest absolute Gasteiger partial charge is 0.262 e. The van der Waals surface area contributed by atoms with Crippen LogP contribution in [-0.2, 0) is 14.3 Å². The number of hydrogen-bond acceptors (Lipinski definition) is 5. The van der Waals surface area contributed by atoms with Crippen molar-refractivity contribution in [3.63, 3.8) is 0 Å². The van der Waals surface area contributed by atoms with Crippen molar-refractivity contribution in [3.8, 4) is 5.75 Å². The first-order valence-corrected chi connectivity index (χ1v) is 10.8. The molecule has 0 saturated carbocycles. The normalized spacial score (nSPS) is 15.6. The number of amides is 2. The number of methoxy groups -OCH3 is 2. The second-order valence-corrected chi connectivity index (χ2v) is 8.05. The molecule has 7 nitrogen and oxygen atoms in total. The predicted octanol–water partition coefficient (Wildman–Crippen LogP) is 3.50. The van der Waals surface area contributed by atoms with Crippen LogP contribution in [0, 0.1) is 5.92 Å². The molecule has 1 aliphatic rings. The summed E-state index contributed by atoms with van der Waals surface area (Å²) in [5.41, 5.74) is 2.77. The van der Waals surface area contributed by atoms with Crippen LogP contribution in [0.15, 0.2) is 59.7 Å². The van der Waals surface area contributed by atoms with Crippen molar-refractivity contribution < 1.29 is 19.1 Å². The Morgan fingerprint density at radius 2 is 1.78 bits per heavy atom. The fourth-order valence-corrected chi connectivity index (χ4v) is 3.70. The summed E-state index contributed by atoms with van der Waals surface area (Å²) in [6.45, 7) is 4.35. The third-order valence-electron chi connectivity index (χ3n) is 5.47. The molecule has 2 aromatic carbocycles. The summed E-state index contributed by atoms with van der Waals surface area (Å²) in [7, 11) is 3.21. The van der Waals surface area contributed by atoms with Gasteiger partial charge in [0.15, 0.2) is 0 Å². The van der Waals surface area contributed by atoms with E-state index >= 15 is 0 Å². The van der Waals surface area contributed by atoms with Crippen LogP contribution in [-0.4, -0.2) is 61.4 Å². The summed E-state index contributed by atoms with van der Waals surface area (Å²) < 4.78 is 10.4. The first kappa shape index (κ1) is 23.5. The Hall–Kier alpha value is -3.19. The van der Waals surface area contributed by atoms with E-state index in [0.717, 1.165) is 22.6 Å². The molecule has 2 amide bonds. The first-order valence-electron chi connectivity index (χ1n) is 10.8. The third kappa shape index (κ3) is 5.53. The van der Waals surface area contributed by atoms with Crippen LogP contribution in [0.3, 0.4) is 0 Å². The lowest BCUT2D eigenvalue weighted by atomic mass is 9.98. The van der Waals surface area contributed by atoms with E-state index in [1.807, 2.05) is 68.4 Å². The van der Waals surface area contributed by atoms with Gasteiger partial charge in [-0.15, -0.1) is 0 Å². The second-order valence-electron chi connectivity index (χ2n) is 8.05. The minimum absolute atomic E-state index is 0.0386. The highest BCUT2D eigenvalue weighted by molar-refractivity contribution is 6.03. The van der Waals surface area contributed by atoms with Gasteiger partial charge in [0, 0.05) is 26.0 Å². The molecule has 2 aromatic rings. The number of nitrogens with zero attached hydrogens (tertiary/aromatic N) is 3. The van der Waals surface area contributed by atoms with Gasteiger partial charge in [-0.2, -0.15) is 5.10 Å². The van der Waals surface area contributed by atoms with E-state index in [9.17, 15) is 9.59 Å². The van der Waals surface area contributed by atoms with Crippen LogP contribution < -0.4 is 4.74 Å². The highest BCUT2D eigenvalue weighted by Gasteiger charge is 2.34. The molecule has 7 heteroatoms. The minimum Gasteiger partial charge on any atom is -0.497 e. The fraction of sp³-hybridized carbons (Fsp3) is 0.400. The molecule has 0 N–H and O–H groups in total. The van der Waals surface area contributed by atoms with E-state index in [0.29, 0.717) is 19.6 Å². The number of carbonyl (C=O) groups excluding carboxylic acids is 2. The quantitative estimate of drug-likeness (QED) is 0.602. The molecule has 0 radical (unpaired) electrons. The number of hydrogen-bond donors (Lipinski definition) is 0. The van der Waals surface area contributed by atoms with E-state index in [1.54, 1.807) is 19.1 Å². The van der Waals surface area contributed by atoms with Crippen LogP contribution >= 0.6 is 0 Å². The van der Waals surface area contributed by atoms with Gasteiger partial charge in [0.25, 0.3) is 5.91 Å². The van der Waals surface area contributed by atoms with Crippen LogP contribution in [0.2, 0.25) is 0 Å². The first-order chi connectivity index (χ1) is 15.4. The van der Waals surface area contributed by atoms with Gasteiger partial charge in [-0.1, -0.05) is 44.2 Å². The number of hydrazone groups is 1. The zero-order chi connectivity index (χ0) is 23.1. The van der Waals surface area contributed by atoms with E-state index in [4.69, 9.17) is 14.6 Å². The number of rotatable bonds is 9. The Bertz CT molecular complexity index is 941. The van der Waals surface area contributed by atoms with Gasteiger partial charge < -0.3 is 14.4 Å². The Labute approximate surface area is 189 Å². The highest BCUT2D eigenvalue weighted by Crippen LogP contribution is 2.33. The van der Waals surface area contributed by atoms with Gasteiger partial charge in [-0.3, -0.25) is 9.59 Å². The summed E-state index contributed by atoms with van der Waals surface area (Å²) in [6.07, 6.45) is 0.596. The topological polar surface area (TPSA) is 71.4 Å². The molecular formula is C25H31N3O4. The molecule has 170 valence electrons. The molecule has 32 heavy (non-hydrogen) atoms. The van der Waals surface area contributed by atoms with Crippen LogP contribution in [0.1, 0.15) is 37.4 Å². The molecule has 3 rings (SSSR count). The molecule has 0 aromatic heterocycles. The maximum atomic E-state index is 13.4. The highest BCUT2D eigenvalue weighted by atomic mass is 16.5. The Balaban J connectivity index is 1.87. The largest absolute Gasteiger partial charge is 0.497 e. The van der Waals surface area contributed by atoms with Gasteiger partial charge in [0.05, 0.1) is 25.5 Å². The van der Waals surface area contributed by atoms with Crippen LogP contribution in [0.5, 0.6) is 5.75 Å². The molecule has 0 spiro atoms. The van der Waals surface area contributed by atoms with E-state index < -0.39 is 0 Å². The minimum atomic E-state index is -0.223. The molecule has 0 bridgehead atoms. The molecule has 1 aliphatic heterocycles. The van der Waals surface area contributed by atoms with Crippen molar-refractivity contribution >= 4 is 17.5 Å². The summed E-state index contributed by atoms with van der Waals surface area (Å²) in [5.74, 6) is 0.264. The van der Waals surface area contributed by atoms with Crippen molar-refractivity contribution in [1.29, 1.82) is 0 Å². The van der Waals surface area contributed by atoms with E-state index in [-0.39, 0.29) is 30.3 Å². The lowest BCUT2D eigenvalue weighted by Gasteiger charge is -2.28. The molecule has 0 unspecified atom stereocenters. The average molecular weight is 438 g/mol. The molecule has 0 aliphatic carbocycles. The maximum Gasteiger partial charge on any atom is 0.262 e. The fourth-order valence-electron chi connectivity index (χ4n) is 3.70. The molecule has 1 heterocycles. The number of benzene rings is 2. The zero-order valence-electron chi connectivity index (χ0n) is 19.2. The van der Waals surface area contributed by atoms with Crippen molar-refractivity contribution in [2.75, 3.05) is 33.9 Å². The van der Waals surface area contributed by atoms with Crippen LogP contribution in [0.25, 0.3) is 0 Å². The van der Waals surface area contributed by atoms with Gasteiger partial charge in [-0.25, -0.2) is 5.01 Å². The van der Waals surface area contributed by atoms with Crippen molar-refractivity contribution in [3.05, 3.63) is 65.7 Å². The summed E-state index contributed by atoms with van der Waals surface area (Å²) in [6, 6.07) is 17.3. The number of ether oxygens (including phenoxy) is 2. The van der Waals surface area contributed by atoms with Crippen LogP contribution in [0.4, 0.5) is 0 Å². The molecule has 1 atom stereocenters. The van der Waals surface area contributed by atoms with Gasteiger partial charge >= 0.3 is 0 Å². The average Bonchev–Trinajstić information content (AvgIpc) is 3.27. The second kappa shape index (κ2) is 10.9. The van der Waals surface area contributed by atoms with E-state index in [2.05, 4.69) is 0 Å². The summed E-state index contributed by atoms with van der Waals surface area (Å²) in [4.78, 5) is 27.6. The zero-order valence-corrected chi connectivity index (χ0v) is 19.2. The Kier molecular flexibility index (Phi) is 8.00. The standard InChI is InChI=1S/C25H31N3O4/c1-18(2)25(30)27(14-15-31-3)17-24(29)28-23(20-8-6-5-7-9-20)16-22(26-28)19-10-12-21(32-4)13-11-19/h5-13,18,23H,14-17H2,1-4H3/t23-/m1/s1. The van der Waals surface area contributed by atoms with Crippen molar-refractivity contribution in [1.82, 2.24) is 9.91 Å².